The highest BCUT2D eigenvalue weighted by Crippen LogP contribution is 2.12. The minimum absolute atomic E-state index is 0.710. The van der Waals surface area contributed by atoms with Gasteiger partial charge in [0.2, 0.25) is 0 Å². The van der Waals surface area contributed by atoms with E-state index in [1.165, 1.54) is 11.1 Å². The van der Waals surface area contributed by atoms with Crippen molar-refractivity contribution in [3.8, 4) is 0 Å². The lowest BCUT2D eigenvalue weighted by atomic mass is 10.1. The Morgan fingerprint density at radius 1 is 1.07 bits per heavy atom. The van der Waals surface area contributed by atoms with E-state index in [1.54, 1.807) is 0 Å². The third-order valence-electron chi connectivity index (χ3n) is 2.50. The van der Waals surface area contributed by atoms with Crippen LogP contribution in [0.1, 0.15) is 18.4 Å². The van der Waals surface area contributed by atoms with Gasteiger partial charge in [0, 0.05) is 0 Å². The van der Waals surface area contributed by atoms with Crippen molar-refractivity contribution in [3.63, 3.8) is 0 Å². The fraction of sp³-hybridized carbons (Fsp3) is 0.286. The second-order valence-electron chi connectivity index (χ2n) is 3.77. The zero-order chi connectivity index (χ0) is 10.3. The summed E-state index contributed by atoms with van der Waals surface area (Å²) in [5.41, 5.74) is 2.64. The summed E-state index contributed by atoms with van der Waals surface area (Å²) in [5, 5.41) is 0. The SMILES string of the molecule is C1=CCCC(COCc2ccccc2)=C1. The van der Waals surface area contributed by atoms with Gasteiger partial charge in [-0.2, -0.15) is 0 Å². The maximum absolute atomic E-state index is 5.66. The molecule has 0 radical (unpaired) electrons. The summed E-state index contributed by atoms with van der Waals surface area (Å²) >= 11 is 0. The van der Waals surface area contributed by atoms with E-state index in [0.29, 0.717) is 6.61 Å². The molecule has 0 fully saturated rings. The number of hydrogen-bond acceptors (Lipinski definition) is 1. The number of ether oxygens (including phenoxy) is 1. The molecule has 0 aromatic heterocycles. The molecule has 0 amide bonds. The number of rotatable bonds is 4. The van der Waals surface area contributed by atoms with Crippen molar-refractivity contribution in [2.75, 3.05) is 6.61 Å². The minimum Gasteiger partial charge on any atom is -0.372 e. The van der Waals surface area contributed by atoms with Crippen molar-refractivity contribution >= 4 is 0 Å². The average Bonchev–Trinajstić information content (AvgIpc) is 2.32. The lowest BCUT2D eigenvalue weighted by Gasteiger charge is -2.09. The van der Waals surface area contributed by atoms with Crippen molar-refractivity contribution in [3.05, 3.63) is 59.7 Å². The van der Waals surface area contributed by atoms with E-state index in [9.17, 15) is 0 Å². The molecular formula is C14H16O. The van der Waals surface area contributed by atoms with Crippen molar-refractivity contribution in [1.82, 2.24) is 0 Å². The highest BCUT2D eigenvalue weighted by atomic mass is 16.5. The Hall–Kier alpha value is -1.34. The van der Waals surface area contributed by atoms with Gasteiger partial charge >= 0.3 is 0 Å². The van der Waals surface area contributed by atoms with Gasteiger partial charge in [-0.25, -0.2) is 0 Å². The lowest BCUT2D eigenvalue weighted by Crippen LogP contribution is -2.00. The number of allylic oxidation sites excluding steroid dienone is 3. The summed E-state index contributed by atoms with van der Waals surface area (Å²) in [6.45, 7) is 1.47. The predicted octanol–water partition coefficient (Wildman–Crippen LogP) is 3.48. The first-order valence-corrected chi connectivity index (χ1v) is 5.41. The van der Waals surface area contributed by atoms with Crippen LogP contribution in [0.3, 0.4) is 0 Å². The van der Waals surface area contributed by atoms with E-state index in [1.807, 2.05) is 18.2 Å². The Kier molecular flexibility index (Phi) is 3.75. The number of hydrogen-bond donors (Lipinski definition) is 0. The van der Waals surface area contributed by atoms with Crippen LogP contribution in [0.2, 0.25) is 0 Å². The van der Waals surface area contributed by atoms with Gasteiger partial charge in [0.15, 0.2) is 0 Å². The van der Waals surface area contributed by atoms with Crippen LogP contribution < -0.4 is 0 Å². The zero-order valence-electron chi connectivity index (χ0n) is 8.86. The van der Waals surface area contributed by atoms with Gasteiger partial charge in [-0.3, -0.25) is 0 Å². The van der Waals surface area contributed by atoms with Crippen molar-refractivity contribution in [1.29, 1.82) is 0 Å². The van der Waals surface area contributed by atoms with Crippen LogP contribution in [0.15, 0.2) is 54.1 Å². The molecule has 15 heavy (non-hydrogen) atoms. The Morgan fingerprint density at radius 2 is 1.93 bits per heavy atom. The minimum atomic E-state index is 0.710. The van der Waals surface area contributed by atoms with Gasteiger partial charge < -0.3 is 4.74 Å². The van der Waals surface area contributed by atoms with Crippen LogP contribution in [-0.2, 0) is 11.3 Å². The maximum atomic E-state index is 5.66. The number of benzene rings is 1. The Bertz CT molecular complexity index is 349. The second-order valence-corrected chi connectivity index (χ2v) is 3.77. The molecule has 0 saturated carbocycles. The first kappa shape index (κ1) is 10.2. The van der Waals surface area contributed by atoms with E-state index >= 15 is 0 Å². The first-order valence-electron chi connectivity index (χ1n) is 5.41. The molecule has 0 atom stereocenters. The molecule has 1 aliphatic rings. The van der Waals surface area contributed by atoms with E-state index in [2.05, 4.69) is 30.4 Å². The molecular weight excluding hydrogens is 184 g/mol. The van der Waals surface area contributed by atoms with Gasteiger partial charge in [-0.1, -0.05) is 48.6 Å². The second kappa shape index (κ2) is 5.52. The Balaban J connectivity index is 1.75. The Morgan fingerprint density at radius 3 is 2.67 bits per heavy atom. The summed E-state index contributed by atoms with van der Waals surface area (Å²) in [5.74, 6) is 0. The maximum Gasteiger partial charge on any atom is 0.0721 e. The quantitative estimate of drug-likeness (QED) is 0.723. The van der Waals surface area contributed by atoms with Crippen LogP contribution in [0, 0.1) is 0 Å². The molecule has 1 aromatic carbocycles. The van der Waals surface area contributed by atoms with Gasteiger partial charge in [0.05, 0.1) is 13.2 Å². The topological polar surface area (TPSA) is 9.23 Å². The van der Waals surface area contributed by atoms with Crippen LogP contribution in [0.25, 0.3) is 0 Å². The molecule has 0 heterocycles. The molecule has 0 saturated heterocycles. The Labute approximate surface area is 91.1 Å². The van der Waals surface area contributed by atoms with Gasteiger partial charge in [0.25, 0.3) is 0 Å². The third kappa shape index (κ3) is 3.37. The smallest absolute Gasteiger partial charge is 0.0721 e. The van der Waals surface area contributed by atoms with Crippen LogP contribution in [0.4, 0.5) is 0 Å². The third-order valence-corrected chi connectivity index (χ3v) is 2.50. The van der Waals surface area contributed by atoms with E-state index in [-0.39, 0.29) is 0 Å². The van der Waals surface area contributed by atoms with Crippen molar-refractivity contribution in [2.45, 2.75) is 19.4 Å². The normalized spacial score (nSPS) is 15.1. The summed E-state index contributed by atoms with van der Waals surface area (Å²) in [4.78, 5) is 0. The fourth-order valence-corrected chi connectivity index (χ4v) is 1.65. The van der Waals surface area contributed by atoms with E-state index in [4.69, 9.17) is 4.74 Å². The van der Waals surface area contributed by atoms with E-state index < -0.39 is 0 Å². The molecule has 78 valence electrons. The van der Waals surface area contributed by atoms with E-state index in [0.717, 1.165) is 19.4 Å². The molecule has 0 bridgehead atoms. The van der Waals surface area contributed by atoms with Gasteiger partial charge in [-0.05, 0) is 24.0 Å². The summed E-state index contributed by atoms with van der Waals surface area (Å²) < 4.78 is 5.66. The first-order chi connectivity index (χ1) is 7.45. The molecule has 1 nitrogen and oxygen atoms in total. The standard InChI is InChI=1S/C14H16O/c1-3-7-13(8-4-1)11-15-12-14-9-5-2-6-10-14/h1-5,7-9H,6,10-12H2. The summed E-state index contributed by atoms with van der Waals surface area (Å²) in [6.07, 6.45) is 8.77. The summed E-state index contributed by atoms with van der Waals surface area (Å²) in [6, 6.07) is 10.3. The largest absolute Gasteiger partial charge is 0.372 e. The lowest BCUT2D eigenvalue weighted by molar-refractivity contribution is 0.140. The molecule has 0 unspecified atom stereocenters. The van der Waals surface area contributed by atoms with Crippen LogP contribution in [-0.4, -0.2) is 6.61 Å². The molecule has 0 aliphatic heterocycles. The van der Waals surface area contributed by atoms with Crippen LogP contribution in [0.5, 0.6) is 0 Å². The fourth-order valence-electron chi connectivity index (χ4n) is 1.65. The molecule has 1 heteroatoms. The summed E-state index contributed by atoms with van der Waals surface area (Å²) in [7, 11) is 0. The van der Waals surface area contributed by atoms with Crippen molar-refractivity contribution < 1.29 is 4.74 Å². The molecule has 1 aliphatic carbocycles. The molecule has 2 rings (SSSR count). The molecule has 0 N–H and O–H groups in total. The van der Waals surface area contributed by atoms with Crippen LogP contribution >= 0.6 is 0 Å². The highest BCUT2D eigenvalue weighted by Gasteiger charge is 1.99. The predicted molar refractivity (Wildman–Crippen MR) is 62.6 cm³/mol. The highest BCUT2D eigenvalue weighted by molar-refractivity contribution is 5.18. The van der Waals surface area contributed by atoms with Gasteiger partial charge in [0.1, 0.15) is 0 Å². The molecule has 1 aromatic rings. The molecule has 0 spiro atoms. The average molecular weight is 200 g/mol. The monoisotopic (exact) mass is 200 g/mol. The zero-order valence-corrected chi connectivity index (χ0v) is 8.86. The van der Waals surface area contributed by atoms with Crippen molar-refractivity contribution in [2.24, 2.45) is 0 Å². The van der Waals surface area contributed by atoms with Gasteiger partial charge in [-0.15, -0.1) is 0 Å².